The number of amides is 1. The number of rotatable bonds is 6. The van der Waals surface area contributed by atoms with Gasteiger partial charge in [0.2, 0.25) is 11.7 Å². The molecule has 168 valence electrons. The van der Waals surface area contributed by atoms with Crippen LogP contribution < -0.4 is 5.32 Å². The Kier molecular flexibility index (Phi) is 6.46. The lowest BCUT2D eigenvalue weighted by Crippen LogP contribution is -2.30. The molecule has 4 rings (SSSR count). The third kappa shape index (κ3) is 5.59. The molecule has 5 nitrogen and oxygen atoms in total. The zero-order valence-corrected chi connectivity index (χ0v) is 17.8. The van der Waals surface area contributed by atoms with E-state index in [1.165, 1.54) is 0 Å². The van der Waals surface area contributed by atoms with Gasteiger partial charge in [-0.25, -0.2) is 0 Å². The zero-order valence-electron chi connectivity index (χ0n) is 17.0. The fourth-order valence-electron chi connectivity index (χ4n) is 3.19. The molecular formula is C24H17ClF3N3O2. The molecule has 0 aliphatic carbocycles. The van der Waals surface area contributed by atoms with E-state index in [4.69, 9.17) is 16.1 Å². The Morgan fingerprint density at radius 2 is 1.64 bits per heavy atom. The Hall–Kier alpha value is -3.65. The van der Waals surface area contributed by atoms with Gasteiger partial charge in [-0.05, 0) is 54.1 Å². The molecule has 0 spiro atoms. The number of alkyl halides is 3. The second-order valence-electron chi connectivity index (χ2n) is 7.25. The minimum Gasteiger partial charge on any atom is -0.340 e. The van der Waals surface area contributed by atoms with Crippen molar-refractivity contribution in [2.45, 2.75) is 18.6 Å². The summed E-state index contributed by atoms with van der Waals surface area (Å²) in [6, 6.07) is 19.5. The van der Waals surface area contributed by atoms with Gasteiger partial charge in [0.15, 0.2) is 0 Å². The van der Waals surface area contributed by atoms with E-state index >= 15 is 0 Å². The average molecular weight is 472 g/mol. The van der Waals surface area contributed by atoms with Crippen molar-refractivity contribution in [1.82, 2.24) is 15.5 Å². The smallest absolute Gasteiger partial charge is 0.340 e. The van der Waals surface area contributed by atoms with E-state index in [9.17, 15) is 18.0 Å². The van der Waals surface area contributed by atoms with E-state index in [1.807, 2.05) is 30.3 Å². The molecule has 1 aromatic heterocycles. The van der Waals surface area contributed by atoms with E-state index in [0.29, 0.717) is 22.8 Å². The summed E-state index contributed by atoms with van der Waals surface area (Å²) in [6.45, 7) is 0. The molecule has 1 heterocycles. The van der Waals surface area contributed by atoms with E-state index in [-0.39, 0.29) is 11.5 Å². The lowest BCUT2D eigenvalue weighted by Gasteiger charge is -2.16. The van der Waals surface area contributed by atoms with Gasteiger partial charge in [-0.3, -0.25) is 4.79 Å². The van der Waals surface area contributed by atoms with Crippen LogP contribution in [-0.2, 0) is 12.6 Å². The Balaban J connectivity index is 1.59. The van der Waals surface area contributed by atoms with Crippen molar-refractivity contribution in [2.75, 3.05) is 0 Å². The highest BCUT2D eigenvalue weighted by atomic mass is 35.5. The summed E-state index contributed by atoms with van der Waals surface area (Å²) in [5, 5.41) is 7.35. The third-order valence-electron chi connectivity index (χ3n) is 4.90. The number of nitrogens with one attached hydrogen (secondary N) is 1. The lowest BCUT2D eigenvalue weighted by molar-refractivity contribution is -0.137. The number of carbonyl (C=O) groups is 1. The molecule has 1 atom stereocenters. The van der Waals surface area contributed by atoms with Gasteiger partial charge in [-0.15, -0.1) is 0 Å². The molecule has 0 aliphatic heterocycles. The van der Waals surface area contributed by atoms with E-state index in [2.05, 4.69) is 15.5 Å². The van der Waals surface area contributed by atoms with Crippen molar-refractivity contribution in [3.8, 4) is 11.4 Å². The van der Waals surface area contributed by atoms with Gasteiger partial charge in [0.25, 0.3) is 5.91 Å². The molecule has 0 aliphatic rings. The summed E-state index contributed by atoms with van der Waals surface area (Å²) in [4.78, 5) is 17.2. The molecule has 1 amide bonds. The predicted molar refractivity (Wildman–Crippen MR) is 117 cm³/mol. The highest BCUT2D eigenvalue weighted by Gasteiger charge is 2.30. The molecule has 0 fully saturated rings. The van der Waals surface area contributed by atoms with Crippen LogP contribution in [0.1, 0.15) is 33.4 Å². The highest BCUT2D eigenvalue weighted by molar-refractivity contribution is 6.30. The Labute approximate surface area is 192 Å². The number of aromatic nitrogens is 2. The predicted octanol–water partition coefficient (Wildman–Crippen LogP) is 6.12. The number of hydrogen-bond acceptors (Lipinski definition) is 4. The van der Waals surface area contributed by atoms with Crippen molar-refractivity contribution in [1.29, 1.82) is 0 Å². The zero-order chi connectivity index (χ0) is 23.4. The lowest BCUT2D eigenvalue weighted by atomic mass is 10.0. The number of carbonyl (C=O) groups excluding carboxylic acids is 1. The van der Waals surface area contributed by atoms with Crippen LogP contribution in [0.4, 0.5) is 13.2 Å². The van der Waals surface area contributed by atoms with Crippen LogP contribution in [0.2, 0.25) is 5.02 Å². The van der Waals surface area contributed by atoms with E-state index in [0.717, 1.165) is 29.8 Å². The molecule has 0 bridgehead atoms. The maximum Gasteiger partial charge on any atom is 0.416 e. The first kappa shape index (κ1) is 22.5. The fraction of sp³-hybridized carbons (Fsp3) is 0.125. The molecule has 4 aromatic rings. The van der Waals surface area contributed by atoms with Crippen LogP contribution in [0.15, 0.2) is 83.4 Å². The quantitative estimate of drug-likeness (QED) is 0.367. The van der Waals surface area contributed by atoms with Crippen molar-refractivity contribution in [3.05, 3.63) is 106 Å². The maximum absolute atomic E-state index is 12.8. The number of halogens is 4. The van der Waals surface area contributed by atoms with Crippen LogP contribution >= 0.6 is 11.6 Å². The Morgan fingerprint density at radius 3 is 2.27 bits per heavy atom. The van der Waals surface area contributed by atoms with Gasteiger partial charge < -0.3 is 9.84 Å². The van der Waals surface area contributed by atoms with Crippen LogP contribution in [0.3, 0.4) is 0 Å². The average Bonchev–Trinajstić information content (AvgIpc) is 3.29. The van der Waals surface area contributed by atoms with Gasteiger partial charge in [0.05, 0.1) is 5.56 Å². The molecule has 33 heavy (non-hydrogen) atoms. The second kappa shape index (κ2) is 9.46. The number of hydrogen-bond donors (Lipinski definition) is 1. The van der Waals surface area contributed by atoms with Gasteiger partial charge in [-0.2, -0.15) is 18.2 Å². The molecule has 0 saturated carbocycles. The SMILES string of the molecule is O=C(N[C@H](Cc1ccccc1)c1nc(-c2ccc(Cl)cc2)no1)c1ccc(C(F)(F)F)cc1. The van der Waals surface area contributed by atoms with Crippen LogP contribution in [0.25, 0.3) is 11.4 Å². The third-order valence-corrected chi connectivity index (χ3v) is 5.16. The number of benzene rings is 3. The molecule has 0 unspecified atom stereocenters. The van der Waals surface area contributed by atoms with Gasteiger partial charge in [-0.1, -0.05) is 47.1 Å². The first-order valence-corrected chi connectivity index (χ1v) is 10.3. The van der Waals surface area contributed by atoms with Crippen molar-refractivity contribution < 1.29 is 22.5 Å². The molecule has 0 radical (unpaired) electrons. The standard InChI is InChI=1S/C24H17ClF3N3O2/c25-19-12-8-16(9-13-19)21-30-23(33-31-21)20(14-15-4-2-1-3-5-15)29-22(32)17-6-10-18(11-7-17)24(26,27)28/h1-13,20H,14H2,(H,29,32)/t20-/m1/s1. The number of nitrogens with zero attached hydrogens (tertiary/aromatic N) is 2. The second-order valence-corrected chi connectivity index (χ2v) is 7.69. The van der Waals surface area contributed by atoms with Crippen molar-refractivity contribution in [3.63, 3.8) is 0 Å². The van der Waals surface area contributed by atoms with Crippen LogP contribution in [0.5, 0.6) is 0 Å². The maximum atomic E-state index is 12.8. The highest BCUT2D eigenvalue weighted by Crippen LogP contribution is 2.29. The fourth-order valence-corrected chi connectivity index (χ4v) is 3.32. The summed E-state index contributed by atoms with van der Waals surface area (Å²) in [7, 11) is 0. The summed E-state index contributed by atoms with van der Waals surface area (Å²) in [5.74, 6) is -0.0662. The Morgan fingerprint density at radius 1 is 0.970 bits per heavy atom. The summed E-state index contributed by atoms with van der Waals surface area (Å²) < 4.78 is 43.9. The van der Waals surface area contributed by atoms with Gasteiger partial charge >= 0.3 is 6.18 Å². The summed E-state index contributed by atoms with van der Waals surface area (Å²) >= 11 is 5.92. The molecule has 1 N–H and O–H groups in total. The molecular weight excluding hydrogens is 455 g/mol. The van der Waals surface area contributed by atoms with E-state index < -0.39 is 23.7 Å². The minimum atomic E-state index is -4.48. The molecule has 0 saturated heterocycles. The first-order valence-electron chi connectivity index (χ1n) is 9.91. The monoisotopic (exact) mass is 471 g/mol. The summed E-state index contributed by atoms with van der Waals surface area (Å²) in [6.07, 6.45) is -4.14. The van der Waals surface area contributed by atoms with Gasteiger partial charge in [0, 0.05) is 22.6 Å². The summed E-state index contributed by atoms with van der Waals surface area (Å²) in [5.41, 5.74) is 0.839. The normalized spacial score (nSPS) is 12.4. The minimum absolute atomic E-state index is 0.0819. The topological polar surface area (TPSA) is 68.0 Å². The molecule has 3 aromatic carbocycles. The van der Waals surface area contributed by atoms with Crippen molar-refractivity contribution in [2.24, 2.45) is 0 Å². The van der Waals surface area contributed by atoms with Crippen LogP contribution in [0, 0.1) is 0 Å². The first-order chi connectivity index (χ1) is 15.8. The Bertz CT molecular complexity index is 1220. The molecule has 9 heteroatoms. The van der Waals surface area contributed by atoms with Crippen LogP contribution in [-0.4, -0.2) is 16.0 Å². The van der Waals surface area contributed by atoms with Crippen molar-refractivity contribution >= 4 is 17.5 Å². The van der Waals surface area contributed by atoms with Gasteiger partial charge in [0.1, 0.15) is 6.04 Å². The largest absolute Gasteiger partial charge is 0.416 e. The van der Waals surface area contributed by atoms with E-state index in [1.54, 1.807) is 24.3 Å².